The molecule has 0 saturated carbocycles. The van der Waals surface area contributed by atoms with E-state index < -0.39 is 10.0 Å². The summed E-state index contributed by atoms with van der Waals surface area (Å²) in [5.41, 5.74) is 4.04. The minimum absolute atomic E-state index is 0.153. The maximum Gasteiger partial charge on any atom is 0.243 e. The monoisotopic (exact) mass is 400 g/mol. The number of aryl methyl sites for hydroxylation is 3. The lowest BCUT2D eigenvalue weighted by Gasteiger charge is -2.34. The topological polar surface area (TPSA) is 66.5 Å². The van der Waals surface area contributed by atoms with Gasteiger partial charge in [0.1, 0.15) is 0 Å². The molecular formula is C22H28N2O3S. The zero-order valence-electron chi connectivity index (χ0n) is 16.7. The zero-order chi connectivity index (χ0) is 20.3. The van der Waals surface area contributed by atoms with Crippen LogP contribution in [0.25, 0.3) is 0 Å². The summed E-state index contributed by atoms with van der Waals surface area (Å²) in [6, 6.07) is 12.4. The molecule has 28 heavy (non-hydrogen) atoms. The molecule has 0 aliphatic carbocycles. The maximum absolute atomic E-state index is 13.1. The summed E-state index contributed by atoms with van der Waals surface area (Å²) in [7, 11) is -3.61. The van der Waals surface area contributed by atoms with Gasteiger partial charge in [-0.1, -0.05) is 30.2 Å². The second-order valence-corrected chi connectivity index (χ2v) is 9.52. The van der Waals surface area contributed by atoms with Crippen LogP contribution in [0, 0.1) is 20.8 Å². The molecule has 1 fully saturated rings. The van der Waals surface area contributed by atoms with E-state index in [1.807, 2.05) is 39.0 Å². The zero-order valence-corrected chi connectivity index (χ0v) is 17.6. The minimum Gasteiger partial charge on any atom is -0.326 e. The number of hydrogen-bond donors (Lipinski definition) is 1. The third-order valence-electron chi connectivity index (χ3n) is 5.41. The van der Waals surface area contributed by atoms with Crippen LogP contribution in [0.3, 0.4) is 0 Å². The van der Waals surface area contributed by atoms with Gasteiger partial charge in [0.15, 0.2) is 0 Å². The van der Waals surface area contributed by atoms with Gasteiger partial charge in [0.2, 0.25) is 15.9 Å². The number of carbonyl (C=O) groups is 1. The first-order valence-corrected chi connectivity index (χ1v) is 11.2. The van der Waals surface area contributed by atoms with Crippen molar-refractivity contribution in [3.8, 4) is 0 Å². The van der Waals surface area contributed by atoms with Crippen LogP contribution >= 0.6 is 0 Å². The van der Waals surface area contributed by atoms with Gasteiger partial charge in [-0.05, 0) is 69.0 Å². The van der Waals surface area contributed by atoms with Gasteiger partial charge in [0.05, 0.1) is 4.90 Å². The summed E-state index contributed by atoms with van der Waals surface area (Å²) in [6.45, 7) is 6.41. The Labute approximate surface area is 167 Å². The molecule has 2 aromatic rings. The number of sulfonamides is 1. The van der Waals surface area contributed by atoms with Crippen molar-refractivity contribution in [3.05, 3.63) is 59.2 Å². The molecule has 0 unspecified atom stereocenters. The summed E-state index contributed by atoms with van der Waals surface area (Å²) in [5, 5.41) is 2.92. The number of nitrogens with zero attached hydrogens (tertiary/aromatic N) is 1. The first-order chi connectivity index (χ1) is 13.3. The van der Waals surface area contributed by atoms with Crippen molar-refractivity contribution in [1.29, 1.82) is 0 Å². The quantitative estimate of drug-likeness (QED) is 0.819. The minimum atomic E-state index is -3.61. The fourth-order valence-electron chi connectivity index (χ4n) is 3.59. The first kappa shape index (κ1) is 20.6. The molecule has 1 amide bonds. The lowest BCUT2D eigenvalue weighted by molar-refractivity contribution is -0.117. The third-order valence-corrected chi connectivity index (χ3v) is 7.38. The Morgan fingerprint density at radius 1 is 1.04 bits per heavy atom. The Morgan fingerprint density at radius 3 is 2.43 bits per heavy atom. The van der Waals surface area contributed by atoms with Gasteiger partial charge in [-0.25, -0.2) is 8.42 Å². The summed E-state index contributed by atoms with van der Waals surface area (Å²) in [5.74, 6) is -0.153. The molecule has 3 rings (SSSR count). The molecule has 1 aliphatic rings. The molecule has 1 aliphatic heterocycles. The van der Waals surface area contributed by atoms with Crippen LogP contribution in [-0.4, -0.2) is 31.2 Å². The maximum atomic E-state index is 13.1. The van der Waals surface area contributed by atoms with E-state index in [1.165, 1.54) is 9.87 Å². The second-order valence-electron chi connectivity index (χ2n) is 7.63. The smallest absolute Gasteiger partial charge is 0.243 e. The molecule has 1 heterocycles. The number of nitrogens with one attached hydrogen (secondary N) is 1. The number of benzene rings is 2. The first-order valence-electron chi connectivity index (χ1n) is 9.73. The highest BCUT2D eigenvalue weighted by atomic mass is 32.2. The van der Waals surface area contributed by atoms with Crippen molar-refractivity contribution >= 4 is 21.6 Å². The van der Waals surface area contributed by atoms with Gasteiger partial charge in [0, 0.05) is 24.7 Å². The molecule has 2 aromatic carbocycles. The number of hydrogen-bond acceptors (Lipinski definition) is 3. The molecule has 6 heteroatoms. The van der Waals surface area contributed by atoms with E-state index in [-0.39, 0.29) is 18.4 Å². The van der Waals surface area contributed by atoms with Crippen LogP contribution < -0.4 is 5.32 Å². The Balaban J connectivity index is 1.74. The molecule has 1 atom stereocenters. The van der Waals surface area contributed by atoms with Gasteiger partial charge in [0.25, 0.3) is 0 Å². The second kappa shape index (κ2) is 8.45. The van der Waals surface area contributed by atoms with Crippen molar-refractivity contribution in [1.82, 2.24) is 4.31 Å². The SMILES string of the molecule is Cc1ccc(S(=O)(=O)N2CCCC[C@@H]2CC(=O)Nc2ccc(C)c(C)c2)cc1. The van der Waals surface area contributed by atoms with E-state index in [9.17, 15) is 13.2 Å². The van der Waals surface area contributed by atoms with Gasteiger partial charge in [-0.15, -0.1) is 0 Å². The van der Waals surface area contributed by atoms with E-state index in [0.29, 0.717) is 17.9 Å². The lowest BCUT2D eigenvalue weighted by Crippen LogP contribution is -2.45. The van der Waals surface area contributed by atoms with Crippen LogP contribution in [-0.2, 0) is 14.8 Å². The highest BCUT2D eigenvalue weighted by Gasteiger charge is 2.34. The predicted octanol–water partition coefficient (Wildman–Crippen LogP) is 4.18. The Morgan fingerprint density at radius 2 is 1.75 bits per heavy atom. The highest BCUT2D eigenvalue weighted by Crippen LogP contribution is 2.27. The van der Waals surface area contributed by atoms with Crippen LogP contribution in [0.1, 0.15) is 42.4 Å². The molecule has 1 saturated heterocycles. The Bertz CT molecular complexity index is 952. The van der Waals surface area contributed by atoms with Crippen molar-refractivity contribution < 1.29 is 13.2 Å². The number of amides is 1. The van der Waals surface area contributed by atoms with Crippen LogP contribution in [0.5, 0.6) is 0 Å². The van der Waals surface area contributed by atoms with Crippen LogP contribution in [0.2, 0.25) is 0 Å². The molecule has 150 valence electrons. The third kappa shape index (κ3) is 4.62. The number of anilines is 1. The van der Waals surface area contributed by atoms with E-state index in [1.54, 1.807) is 24.3 Å². The standard InChI is InChI=1S/C22H28N2O3S/c1-16-7-11-21(12-8-16)28(26,27)24-13-5-4-6-20(24)15-22(25)23-19-10-9-17(2)18(3)14-19/h7-12,14,20H,4-6,13,15H2,1-3H3,(H,23,25)/t20-/m1/s1. The van der Waals surface area contributed by atoms with E-state index in [0.717, 1.165) is 29.7 Å². The van der Waals surface area contributed by atoms with Crippen LogP contribution in [0.4, 0.5) is 5.69 Å². The van der Waals surface area contributed by atoms with Gasteiger partial charge < -0.3 is 5.32 Å². The molecular weight excluding hydrogens is 372 g/mol. The molecule has 0 aromatic heterocycles. The van der Waals surface area contributed by atoms with Gasteiger partial charge >= 0.3 is 0 Å². The largest absolute Gasteiger partial charge is 0.326 e. The highest BCUT2D eigenvalue weighted by molar-refractivity contribution is 7.89. The molecule has 0 bridgehead atoms. The Hall–Kier alpha value is -2.18. The summed E-state index contributed by atoms with van der Waals surface area (Å²) >= 11 is 0. The normalized spacial score (nSPS) is 18.0. The molecule has 5 nitrogen and oxygen atoms in total. The van der Waals surface area contributed by atoms with E-state index in [4.69, 9.17) is 0 Å². The van der Waals surface area contributed by atoms with Crippen molar-refractivity contribution in [2.45, 2.75) is 57.4 Å². The average molecular weight is 401 g/mol. The Kier molecular flexibility index (Phi) is 6.20. The van der Waals surface area contributed by atoms with Gasteiger partial charge in [-0.3, -0.25) is 4.79 Å². The number of carbonyl (C=O) groups excluding carboxylic acids is 1. The fraction of sp³-hybridized carbons (Fsp3) is 0.409. The van der Waals surface area contributed by atoms with Crippen molar-refractivity contribution in [3.63, 3.8) is 0 Å². The predicted molar refractivity (Wildman–Crippen MR) is 112 cm³/mol. The van der Waals surface area contributed by atoms with Crippen molar-refractivity contribution in [2.75, 3.05) is 11.9 Å². The van der Waals surface area contributed by atoms with Gasteiger partial charge in [-0.2, -0.15) is 4.31 Å². The number of piperidine rings is 1. The fourth-order valence-corrected chi connectivity index (χ4v) is 5.28. The summed E-state index contributed by atoms with van der Waals surface area (Å²) < 4.78 is 27.8. The number of rotatable bonds is 5. The summed E-state index contributed by atoms with van der Waals surface area (Å²) in [6.07, 6.45) is 2.62. The summed E-state index contributed by atoms with van der Waals surface area (Å²) in [4.78, 5) is 12.9. The van der Waals surface area contributed by atoms with Crippen molar-refractivity contribution in [2.24, 2.45) is 0 Å². The lowest BCUT2D eigenvalue weighted by atomic mass is 10.0. The van der Waals surface area contributed by atoms with E-state index in [2.05, 4.69) is 5.32 Å². The van der Waals surface area contributed by atoms with Crippen LogP contribution in [0.15, 0.2) is 47.4 Å². The molecule has 0 radical (unpaired) electrons. The molecule has 1 N–H and O–H groups in total. The average Bonchev–Trinajstić information content (AvgIpc) is 2.65. The van der Waals surface area contributed by atoms with E-state index >= 15 is 0 Å². The molecule has 0 spiro atoms.